The van der Waals surface area contributed by atoms with Gasteiger partial charge in [0.1, 0.15) is 12.1 Å². The highest BCUT2D eigenvalue weighted by atomic mass is 32.1. The van der Waals surface area contributed by atoms with Gasteiger partial charge in [-0.2, -0.15) is 0 Å². The quantitative estimate of drug-likeness (QED) is 0.298. The lowest BCUT2D eigenvalue weighted by atomic mass is 10.00. The molecule has 204 valence electrons. The standard InChI is InChI=1S/C30H34N4O3S2/c1-19(31)20-9-7-10-21(15-20)29(36)34(4)26(16-22-18-39-27-13-6-5-12-24(22)27)30(37)33(3)25(28(35)32-2)17-23-11-8-14-38-23/h5-15,18-19,25-26H,16-17,31H2,1-4H3,(H,32,35)/t19?,25-,26-/m1/s1. The average molecular weight is 563 g/mol. The highest BCUT2D eigenvalue weighted by molar-refractivity contribution is 7.17. The maximum absolute atomic E-state index is 14.2. The maximum Gasteiger partial charge on any atom is 0.254 e. The van der Waals surface area contributed by atoms with Crippen molar-refractivity contribution in [3.63, 3.8) is 0 Å². The van der Waals surface area contributed by atoms with Crippen molar-refractivity contribution in [2.75, 3.05) is 21.1 Å². The molecule has 1 unspecified atom stereocenters. The van der Waals surface area contributed by atoms with E-state index in [2.05, 4.69) is 5.32 Å². The number of nitrogens with two attached hydrogens (primary N) is 1. The lowest BCUT2D eigenvalue weighted by Crippen LogP contribution is -2.55. The van der Waals surface area contributed by atoms with Crippen LogP contribution in [0.5, 0.6) is 0 Å². The molecule has 0 bridgehead atoms. The van der Waals surface area contributed by atoms with Gasteiger partial charge in [-0.25, -0.2) is 0 Å². The highest BCUT2D eigenvalue weighted by Crippen LogP contribution is 2.28. The maximum atomic E-state index is 14.2. The first-order chi connectivity index (χ1) is 18.7. The molecule has 0 aliphatic carbocycles. The van der Waals surface area contributed by atoms with Crippen molar-refractivity contribution in [2.24, 2.45) is 5.73 Å². The lowest BCUT2D eigenvalue weighted by molar-refractivity contribution is -0.142. The van der Waals surface area contributed by atoms with Crippen LogP contribution in [0.15, 0.2) is 71.4 Å². The Kier molecular flexibility index (Phi) is 9.16. The number of hydrogen-bond acceptors (Lipinski definition) is 6. The van der Waals surface area contributed by atoms with Gasteiger partial charge in [0.05, 0.1) is 0 Å². The number of amides is 3. The van der Waals surface area contributed by atoms with E-state index in [1.54, 1.807) is 62.0 Å². The minimum Gasteiger partial charge on any atom is -0.357 e. The van der Waals surface area contributed by atoms with Crippen LogP contribution >= 0.6 is 22.7 Å². The molecule has 2 aromatic heterocycles. The molecule has 3 amide bonds. The van der Waals surface area contributed by atoms with Crippen molar-refractivity contribution in [3.05, 3.63) is 93.0 Å². The van der Waals surface area contributed by atoms with Crippen LogP contribution in [0.3, 0.4) is 0 Å². The Morgan fingerprint density at radius 3 is 2.38 bits per heavy atom. The third kappa shape index (κ3) is 6.38. The van der Waals surface area contributed by atoms with Gasteiger partial charge in [-0.3, -0.25) is 14.4 Å². The van der Waals surface area contributed by atoms with Gasteiger partial charge < -0.3 is 20.9 Å². The number of nitrogens with one attached hydrogen (secondary N) is 1. The molecular weight excluding hydrogens is 528 g/mol. The van der Waals surface area contributed by atoms with E-state index in [9.17, 15) is 14.4 Å². The largest absolute Gasteiger partial charge is 0.357 e. The van der Waals surface area contributed by atoms with Crippen molar-refractivity contribution < 1.29 is 14.4 Å². The summed E-state index contributed by atoms with van der Waals surface area (Å²) in [5.41, 5.74) is 8.35. The van der Waals surface area contributed by atoms with Crippen LogP contribution in [-0.2, 0) is 22.4 Å². The van der Waals surface area contributed by atoms with E-state index < -0.39 is 12.1 Å². The smallest absolute Gasteiger partial charge is 0.254 e. The number of nitrogens with zero attached hydrogens (tertiary/aromatic N) is 2. The van der Waals surface area contributed by atoms with Gasteiger partial charge in [-0.15, -0.1) is 22.7 Å². The average Bonchev–Trinajstić information content (AvgIpc) is 3.62. The van der Waals surface area contributed by atoms with Crippen LogP contribution in [0.2, 0.25) is 0 Å². The predicted molar refractivity (Wildman–Crippen MR) is 159 cm³/mol. The molecular formula is C30H34N4O3S2. The zero-order chi connectivity index (χ0) is 28.1. The Labute approximate surface area is 237 Å². The number of likely N-dealkylation sites (N-methyl/N-ethyl adjacent to an activating group) is 3. The van der Waals surface area contributed by atoms with Crippen LogP contribution in [0.4, 0.5) is 0 Å². The normalized spacial score (nSPS) is 13.5. The van der Waals surface area contributed by atoms with E-state index >= 15 is 0 Å². The molecule has 2 aromatic carbocycles. The lowest BCUT2D eigenvalue weighted by Gasteiger charge is -2.34. The van der Waals surface area contributed by atoms with Crippen molar-refractivity contribution in [1.29, 1.82) is 0 Å². The molecule has 0 aliphatic heterocycles. The van der Waals surface area contributed by atoms with Gasteiger partial charge in [0.15, 0.2) is 0 Å². The fourth-order valence-corrected chi connectivity index (χ4v) is 6.39. The van der Waals surface area contributed by atoms with Crippen LogP contribution in [0.1, 0.15) is 39.3 Å². The van der Waals surface area contributed by atoms with Crippen molar-refractivity contribution in [3.8, 4) is 0 Å². The van der Waals surface area contributed by atoms with Crippen molar-refractivity contribution >= 4 is 50.5 Å². The van der Waals surface area contributed by atoms with Crippen LogP contribution < -0.4 is 11.1 Å². The summed E-state index contributed by atoms with van der Waals surface area (Å²) in [5, 5.41) is 7.75. The Morgan fingerprint density at radius 1 is 0.923 bits per heavy atom. The zero-order valence-electron chi connectivity index (χ0n) is 22.6. The summed E-state index contributed by atoms with van der Waals surface area (Å²) in [6.07, 6.45) is 0.712. The minimum absolute atomic E-state index is 0.227. The Balaban J connectivity index is 1.70. The number of rotatable bonds is 10. The van der Waals surface area contributed by atoms with Gasteiger partial charge >= 0.3 is 0 Å². The number of carbonyl (C=O) groups is 3. The monoisotopic (exact) mass is 562 g/mol. The molecule has 7 nitrogen and oxygen atoms in total. The highest BCUT2D eigenvalue weighted by Gasteiger charge is 2.35. The van der Waals surface area contributed by atoms with Crippen LogP contribution in [0, 0.1) is 0 Å². The molecule has 0 saturated heterocycles. The second kappa shape index (κ2) is 12.5. The van der Waals surface area contributed by atoms with Crippen molar-refractivity contribution in [1.82, 2.24) is 15.1 Å². The van der Waals surface area contributed by atoms with Gasteiger partial charge in [0.25, 0.3) is 5.91 Å². The van der Waals surface area contributed by atoms with Gasteiger partial charge in [0.2, 0.25) is 11.8 Å². The van der Waals surface area contributed by atoms with Crippen LogP contribution in [0.25, 0.3) is 10.1 Å². The second-order valence-corrected chi connectivity index (χ2v) is 11.6. The topological polar surface area (TPSA) is 95.7 Å². The molecule has 4 aromatic rings. The molecule has 3 atom stereocenters. The molecule has 39 heavy (non-hydrogen) atoms. The first-order valence-corrected chi connectivity index (χ1v) is 14.6. The summed E-state index contributed by atoms with van der Waals surface area (Å²) in [7, 11) is 4.86. The SMILES string of the molecule is CNC(=O)[C@@H](Cc1cccs1)N(C)C(=O)[C@@H](Cc1csc2ccccc12)N(C)C(=O)c1cccc(C(C)N)c1. The Hall–Kier alpha value is -3.53. The Bertz CT molecular complexity index is 1450. The number of hydrogen-bond donors (Lipinski definition) is 2. The van der Waals surface area contributed by atoms with E-state index in [1.807, 2.05) is 60.1 Å². The van der Waals surface area contributed by atoms with Crippen LogP contribution in [-0.4, -0.2) is 60.7 Å². The number of fused-ring (bicyclic) bond motifs is 1. The molecule has 0 fully saturated rings. The third-order valence-electron chi connectivity index (χ3n) is 7.05. The number of carbonyl (C=O) groups excluding carboxylic acids is 3. The summed E-state index contributed by atoms with van der Waals surface area (Å²) >= 11 is 3.15. The van der Waals surface area contributed by atoms with Gasteiger partial charge in [-0.1, -0.05) is 36.4 Å². The summed E-state index contributed by atoms with van der Waals surface area (Å²) in [6, 6.07) is 17.3. The first-order valence-electron chi connectivity index (χ1n) is 12.8. The Morgan fingerprint density at radius 2 is 1.69 bits per heavy atom. The molecule has 4 rings (SSSR count). The van der Waals surface area contributed by atoms with Gasteiger partial charge in [-0.05, 0) is 58.5 Å². The summed E-state index contributed by atoms with van der Waals surface area (Å²) in [6.45, 7) is 1.86. The van der Waals surface area contributed by atoms with Crippen molar-refractivity contribution in [2.45, 2.75) is 37.9 Å². The molecule has 0 radical (unpaired) electrons. The van der Waals surface area contributed by atoms with E-state index in [0.29, 0.717) is 18.4 Å². The summed E-state index contributed by atoms with van der Waals surface area (Å²) < 4.78 is 1.12. The molecule has 0 spiro atoms. The zero-order valence-corrected chi connectivity index (χ0v) is 24.2. The van der Waals surface area contributed by atoms with Gasteiger partial charge in [0, 0.05) is 55.2 Å². The molecule has 0 aliphatic rings. The van der Waals surface area contributed by atoms with E-state index in [-0.39, 0.29) is 23.8 Å². The first kappa shape index (κ1) is 28.5. The minimum atomic E-state index is -0.824. The second-order valence-electron chi connectivity index (χ2n) is 9.67. The molecule has 0 saturated carbocycles. The summed E-state index contributed by atoms with van der Waals surface area (Å²) in [4.78, 5) is 44.8. The molecule has 3 N–H and O–H groups in total. The van der Waals surface area contributed by atoms with E-state index in [1.165, 1.54) is 9.80 Å². The van der Waals surface area contributed by atoms with E-state index in [0.717, 1.165) is 26.1 Å². The molecule has 2 heterocycles. The molecule has 9 heteroatoms. The fraction of sp³-hybridized carbons (Fsp3) is 0.300. The fourth-order valence-electron chi connectivity index (χ4n) is 4.67. The number of benzene rings is 2. The third-order valence-corrected chi connectivity index (χ3v) is 8.96. The predicted octanol–water partition coefficient (Wildman–Crippen LogP) is 4.48. The van der Waals surface area contributed by atoms with E-state index in [4.69, 9.17) is 5.73 Å². The number of thiophene rings is 2. The summed E-state index contributed by atoms with van der Waals surface area (Å²) in [5.74, 6) is -0.828.